The van der Waals surface area contributed by atoms with Gasteiger partial charge in [-0.2, -0.15) is 0 Å². The van der Waals surface area contributed by atoms with E-state index >= 15 is 0 Å². The van der Waals surface area contributed by atoms with Gasteiger partial charge in [-0.15, -0.1) is 0 Å². The molecule has 0 amide bonds. The van der Waals surface area contributed by atoms with Crippen LogP contribution in [0.2, 0.25) is 0 Å². The lowest BCUT2D eigenvalue weighted by molar-refractivity contribution is -0.0948. The van der Waals surface area contributed by atoms with Gasteiger partial charge < -0.3 is 5.11 Å². The van der Waals surface area contributed by atoms with Crippen molar-refractivity contribution < 1.29 is 13.5 Å². The molecule has 29 heavy (non-hydrogen) atoms. The topological polar surface area (TPSA) is 80.4 Å². The van der Waals surface area contributed by atoms with Gasteiger partial charge in [-0.3, -0.25) is 0 Å². The quantitative estimate of drug-likeness (QED) is 0.676. The maximum Gasteiger partial charge on any atom is 0.238 e. The van der Waals surface area contributed by atoms with Crippen LogP contribution in [0.25, 0.3) is 0 Å². The van der Waals surface area contributed by atoms with E-state index < -0.39 is 10.0 Å². The first-order valence-corrected chi connectivity index (χ1v) is 13.0. The third-order valence-electron chi connectivity index (χ3n) is 8.86. The molecule has 0 aromatic heterocycles. The van der Waals surface area contributed by atoms with Crippen molar-refractivity contribution in [3.05, 3.63) is 29.3 Å². The number of nitrogens with two attached hydrogens (primary N) is 1. The lowest BCUT2D eigenvalue weighted by Crippen LogP contribution is -2.53. The second-order valence-electron chi connectivity index (χ2n) is 10.5. The van der Waals surface area contributed by atoms with Crippen LogP contribution in [0, 0.1) is 22.7 Å². The fourth-order valence-corrected chi connectivity index (χ4v) is 8.13. The number of hydrogen-bond acceptors (Lipinski definition) is 3. The number of rotatable bonds is 5. The molecular formula is C24H37NO3S. The molecule has 0 bridgehead atoms. The summed E-state index contributed by atoms with van der Waals surface area (Å²) in [5.41, 5.74) is 2.69. The van der Waals surface area contributed by atoms with Crippen molar-refractivity contribution in [3.8, 4) is 0 Å². The van der Waals surface area contributed by atoms with E-state index in [1.165, 1.54) is 36.8 Å². The van der Waals surface area contributed by atoms with E-state index in [1.807, 2.05) is 6.07 Å². The van der Waals surface area contributed by atoms with Crippen LogP contribution in [0.3, 0.4) is 0 Å². The average Bonchev–Trinajstić information content (AvgIpc) is 2.96. The van der Waals surface area contributed by atoms with Crippen molar-refractivity contribution in [2.45, 2.75) is 95.5 Å². The van der Waals surface area contributed by atoms with Crippen LogP contribution >= 0.6 is 0 Å². The van der Waals surface area contributed by atoms with E-state index in [2.05, 4.69) is 26.8 Å². The Hall–Kier alpha value is -0.910. The minimum Gasteiger partial charge on any atom is -0.393 e. The van der Waals surface area contributed by atoms with Crippen LogP contribution in [0.5, 0.6) is 0 Å². The molecular weight excluding hydrogens is 382 g/mol. The Kier molecular flexibility index (Phi) is 5.40. The average molecular weight is 420 g/mol. The Bertz CT molecular complexity index is 882. The summed E-state index contributed by atoms with van der Waals surface area (Å²) >= 11 is 0. The number of hydrogen-bond donors (Lipinski definition) is 2. The summed E-state index contributed by atoms with van der Waals surface area (Å²) in [6, 6.07) is 5.59. The third-order valence-corrected chi connectivity index (χ3v) is 9.77. The highest BCUT2D eigenvalue weighted by Crippen LogP contribution is 2.69. The summed E-state index contributed by atoms with van der Waals surface area (Å²) < 4.78 is 23.8. The first-order valence-electron chi connectivity index (χ1n) is 11.4. The third kappa shape index (κ3) is 3.37. The first-order chi connectivity index (χ1) is 13.6. The predicted octanol–water partition coefficient (Wildman–Crippen LogP) is 4.75. The molecule has 0 aliphatic heterocycles. The van der Waals surface area contributed by atoms with E-state index in [4.69, 9.17) is 5.14 Å². The van der Waals surface area contributed by atoms with Gasteiger partial charge in [-0.05, 0) is 90.4 Å². The molecule has 1 aromatic carbocycles. The zero-order chi connectivity index (χ0) is 21.0. The van der Waals surface area contributed by atoms with Crippen LogP contribution in [-0.4, -0.2) is 19.6 Å². The van der Waals surface area contributed by atoms with Gasteiger partial charge in [0.1, 0.15) is 0 Å². The van der Waals surface area contributed by atoms with E-state index in [0.717, 1.165) is 32.1 Å². The van der Waals surface area contributed by atoms with Crippen molar-refractivity contribution in [2.24, 2.45) is 27.8 Å². The predicted molar refractivity (Wildman–Crippen MR) is 116 cm³/mol. The number of unbranched alkanes of at least 4 members (excludes halogenated alkanes) is 2. The molecule has 1 aromatic rings. The highest BCUT2D eigenvalue weighted by molar-refractivity contribution is 7.89. The second kappa shape index (κ2) is 7.35. The van der Waals surface area contributed by atoms with Gasteiger partial charge in [0.15, 0.2) is 0 Å². The molecule has 0 spiro atoms. The number of aliphatic hydroxyl groups is 1. The molecule has 0 saturated heterocycles. The van der Waals surface area contributed by atoms with Crippen molar-refractivity contribution in [2.75, 3.05) is 0 Å². The smallest absolute Gasteiger partial charge is 0.238 e. The van der Waals surface area contributed by atoms with Crippen molar-refractivity contribution >= 4 is 10.0 Å². The molecule has 4 nitrogen and oxygen atoms in total. The summed E-state index contributed by atoms with van der Waals surface area (Å²) in [7, 11) is -3.68. The minimum absolute atomic E-state index is 0.0141. The molecule has 5 heteroatoms. The van der Waals surface area contributed by atoms with Gasteiger partial charge in [-0.25, -0.2) is 13.6 Å². The Morgan fingerprint density at radius 2 is 1.93 bits per heavy atom. The van der Waals surface area contributed by atoms with Gasteiger partial charge in [0.2, 0.25) is 10.0 Å². The minimum atomic E-state index is -3.68. The standard InChI is InChI=1S/C24H37NO3S/c1-4-5-6-7-17-15-24(3)20(10-11-21(24)26)23(2)13-12-16-14-18(29(25,27)28)8-9-19(16)22(17)23/h8-9,14,17,20-22,26H,4-7,10-13,15H2,1-3H3,(H2,25,27,28)/t17-,20?,21-,22?,23-,24-/m0/s1. The molecule has 2 unspecified atom stereocenters. The van der Waals surface area contributed by atoms with E-state index in [1.54, 1.807) is 6.07 Å². The summed E-state index contributed by atoms with van der Waals surface area (Å²) in [4.78, 5) is 0.235. The first kappa shape index (κ1) is 21.3. The van der Waals surface area contributed by atoms with Crippen molar-refractivity contribution in [1.82, 2.24) is 0 Å². The van der Waals surface area contributed by atoms with Gasteiger partial charge >= 0.3 is 0 Å². The van der Waals surface area contributed by atoms with Gasteiger partial charge in [0.05, 0.1) is 11.0 Å². The van der Waals surface area contributed by atoms with Crippen molar-refractivity contribution in [3.63, 3.8) is 0 Å². The molecule has 2 fully saturated rings. The Morgan fingerprint density at radius 1 is 1.17 bits per heavy atom. The molecule has 4 rings (SSSR count). The lowest BCUT2D eigenvalue weighted by atomic mass is 9.44. The molecule has 2 saturated carbocycles. The van der Waals surface area contributed by atoms with E-state index in [-0.39, 0.29) is 21.8 Å². The SMILES string of the molecule is CCCCC[C@H]1C[C@@]2(C)C(CC[C@@H]2O)[C@]2(C)CCc3cc(S(N)(=O)=O)ccc3C12. The fraction of sp³-hybridized carbons (Fsp3) is 0.750. The largest absolute Gasteiger partial charge is 0.393 e. The summed E-state index contributed by atoms with van der Waals surface area (Å²) in [6.07, 6.45) is 9.77. The molecule has 3 aliphatic rings. The summed E-state index contributed by atoms with van der Waals surface area (Å²) in [5, 5.41) is 16.3. The Morgan fingerprint density at radius 3 is 2.62 bits per heavy atom. The second-order valence-corrected chi connectivity index (χ2v) is 12.1. The zero-order valence-corrected chi connectivity index (χ0v) is 19.0. The van der Waals surface area contributed by atoms with Gasteiger partial charge in [0, 0.05) is 0 Å². The molecule has 3 N–H and O–H groups in total. The normalized spacial score (nSPS) is 38.9. The van der Waals surface area contributed by atoms with Crippen LogP contribution < -0.4 is 5.14 Å². The van der Waals surface area contributed by atoms with Gasteiger partial charge in [0.25, 0.3) is 0 Å². The van der Waals surface area contributed by atoms with Crippen LogP contribution in [0.1, 0.15) is 89.2 Å². The monoisotopic (exact) mass is 419 g/mol. The van der Waals surface area contributed by atoms with Crippen molar-refractivity contribution in [1.29, 1.82) is 0 Å². The van der Waals surface area contributed by atoms with Crippen LogP contribution in [-0.2, 0) is 16.4 Å². The number of benzene rings is 1. The van der Waals surface area contributed by atoms with E-state index in [9.17, 15) is 13.5 Å². The van der Waals surface area contributed by atoms with E-state index in [0.29, 0.717) is 17.8 Å². The van der Waals surface area contributed by atoms with Gasteiger partial charge in [-0.1, -0.05) is 46.1 Å². The molecule has 3 aliphatic carbocycles. The fourth-order valence-electron chi connectivity index (χ4n) is 7.56. The molecule has 0 radical (unpaired) electrons. The highest BCUT2D eigenvalue weighted by atomic mass is 32.2. The summed E-state index contributed by atoms with van der Waals surface area (Å²) in [6.45, 7) is 7.04. The maximum atomic E-state index is 11.9. The number of fused-ring (bicyclic) bond motifs is 5. The zero-order valence-electron chi connectivity index (χ0n) is 18.2. The molecule has 0 heterocycles. The highest BCUT2D eigenvalue weighted by Gasteiger charge is 2.62. The Balaban J connectivity index is 1.78. The van der Waals surface area contributed by atoms with Crippen LogP contribution in [0.15, 0.2) is 23.1 Å². The number of aliphatic hydroxyl groups excluding tert-OH is 1. The number of primary sulfonamides is 1. The number of sulfonamides is 1. The lowest BCUT2D eigenvalue weighted by Gasteiger charge is -2.60. The summed E-state index contributed by atoms with van der Waals surface area (Å²) in [5.74, 6) is 1.52. The van der Waals surface area contributed by atoms with Crippen LogP contribution in [0.4, 0.5) is 0 Å². The number of aryl methyl sites for hydroxylation is 1. The maximum absolute atomic E-state index is 11.9. The Labute approximate surface area is 176 Å². The molecule has 6 atom stereocenters. The molecule has 162 valence electrons.